The second kappa shape index (κ2) is 7.87. The number of benzene rings is 2. The summed E-state index contributed by atoms with van der Waals surface area (Å²) in [7, 11) is 0. The maximum absolute atomic E-state index is 13.1. The lowest BCUT2D eigenvalue weighted by Gasteiger charge is -2.22. The lowest BCUT2D eigenvalue weighted by molar-refractivity contribution is -0.121. The van der Waals surface area contributed by atoms with Gasteiger partial charge in [-0.05, 0) is 49.2 Å². The van der Waals surface area contributed by atoms with Crippen LogP contribution in [0, 0.1) is 5.82 Å². The number of rotatable bonds is 5. The van der Waals surface area contributed by atoms with Crippen molar-refractivity contribution < 1.29 is 18.7 Å². The van der Waals surface area contributed by atoms with Crippen LogP contribution in [0.5, 0.6) is 5.75 Å². The molecular formula is C22H20FN3O3. The summed E-state index contributed by atoms with van der Waals surface area (Å²) in [6.07, 6.45) is 3.82. The minimum atomic E-state index is -0.366. The van der Waals surface area contributed by atoms with E-state index in [1.807, 2.05) is 0 Å². The van der Waals surface area contributed by atoms with Crippen LogP contribution in [0.1, 0.15) is 41.6 Å². The van der Waals surface area contributed by atoms with E-state index in [4.69, 9.17) is 10.5 Å². The third-order valence-corrected chi connectivity index (χ3v) is 5.01. The number of halogens is 1. The summed E-state index contributed by atoms with van der Waals surface area (Å²) >= 11 is 0. The fraction of sp³-hybridized carbons (Fsp3) is 0.227. The number of hydrogen-bond acceptors (Lipinski definition) is 5. The molecule has 2 N–H and O–H groups in total. The van der Waals surface area contributed by atoms with Gasteiger partial charge in [-0.3, -0.25) is 9.59 Å². The highest BCUT2D eigenvalue weighted by Crippen LogP contribution is 2.25. The quantitative estimate of drug-likeness (QED) is 0.668. The number of nitrogens with zero attached hydrogens (tertiary/aromatic N) is 2. The van der Waals surface area contributed by atoms with Crippen LogP contribution in [0.25, 0.3) is 5.69 Å². The number of nitrogens with two attached hydrogens (primary N) is 1. The van der Waals surface area contributed by atoms with Crippen LogP contribution in [0.2, 0.25) is 0 Å². The predicted octanol–water partition coefficient (Wildman–Crippen LogP) is 3.72. The number of anilines is 1. The molecule has 2 aromatic carbocycles. The van der Waals surface area contributed by atoms with Crippen LogP contribution >= 0.6 is 0 Å². The molecule has 1 saturated carbocycles. The van der Waals surface area contributed by atoms with Crippen LogP contribution < -0.4 is 10.5 Å². The van der Waals surface area contributed by atoms with Crippen molar-refractivity contribution in [3.63, 3.8) is 0 Å². The van der Waals surface area contributed by atoms with Gasteiger partial charge in [0.2, 0.25) is 0 Å². The molecule has 0 spiro atoms. The molecule has 6 nitrogen and oxygen atoms in total. The molecule has 1 aliphatic carbocycles. The number of ether oxygens (including phenoxy) is 1. The third-order valence-electron chi connectivity index (χ3n) is 5.01. The molecule has 0 amide bonds. The third kappa shape index (κ3) is 4.03. The molecule has 0 bridgehead atoms. The van der Waals surface area contributed by atoms with Gasteiger partial charge >= 0.3 is 0 Å². The van der Waals surface area contributed by atoms with E-state index < -0.39 is 0 Å². The molecule has 1 aromatic heterocycles. The zero-order valence-corrected chi connectivity index (χ0v) is 15.7. The van der Waals surface area contributed by atoms with Gasteiger partial charge in [0.25, 0.3) is 0 Å². The van der Waals surface area contributed by atoms with E-state index in [0.717, 1.165) is 0 Å². The molecule has 1 heterocycles. The van der Waals surface area contributed by atoms with Crippen molar-refractivity contribution in [2.24, 2.45) is 0 Å². The average molecular weight is 393 g/mol. The summed E-state index contributed by atoms with van der Waals surface area (Å²) in [5.74, 6) is 0.385. The first-order valence-electron chi connectivity index (χ1n) is 9.44. The minimum Gasteiger partial charge on any atom is -0.490 e. The van der Waals surface area contributed by atoms with Crippen molar-refractivity contribution in [3.05, 3.63) is 71.7 Å². The SMILES string of the molecule is Nc1c(C(=O)c2cccc(OC3CCC(=O)CC3)c2)cnn1-c1ccc(F)cc1. The number of hydrogen-bond donors (Lipinski definition) is 1. The normalized spacial score (nSPS) is 14.7. The van der Waals surface area contributed by atoms with E-state index in [0.29, 0.717) is 42.7 Å². The Balaban J connectivity index is 1.54. The van der Waals surface area contributed by atoms with Crippen LogP contribution in [0.4, 0.5) is 10.2 Å². The van der Waals surface area contributed by atoms with E-state index in [-0.39, 0.29) is 34.9 Å². The molecule has 0 aliphatic heterocycles. The Morgan fingerprint density at radius 1 is 1.14 bits per heavy atom. The van der Waals surface area contributed by atoms with Gasteiger partial charge in [-0.2, -0.15) is 5.10 Å². The van der Waals surface area contributed by atoms with Crippen molar-refractivity contribution in [1.82, 2.24) is 9.78 Å². The predicted molar refractivity (Wildman–Crippen MR) is 106 cm³/mol. The van der Waals surface area contributed by atoms with Crippen LogP contribution in [0.15, 0.2) is 54.7 Å². The van der Waals surface area contributed by atoms with Crippen molar-refractivity contribution in [2.45, 2.75) is 31.8 Å². The monoisotopic (exact) mass is 393 g/mol. The maximum atomic E-state index is 13.1. The summed E-state index contributed by atoms with van der Waals surface area (Å²) < 4.78 is 20.5. The van der Waals surface area contributed by atoms with Gasteiger partial charge in [-0.25, -0.2) is 9.07 Å². The fourth-order valence-electron chi connectivity index (χ4n) is 3.41. The molecular weight excluding hydrogens is 373 g/mol. The Labute approximate surface area is 167 Å². The number of carbonyl (C=O) groups is 2. The summed E-state index contributed by atoms with van der Waals surface area (Å²) in [6, 6.07) is 12.6. The molecule has 4 rings (SSSR count). The largest absolute Gasteiger partial charge is 0.490 e. The van der Waals surface area contributed by atoms with E-state index >= 15 is 0 Å². The zero-order chi connectivity index (χ0) is 20.4. The molecule has 148 valence electrons. The molecule has 3 aromatic rings. The van der Waals surface area contributed by atoms with Crippen LogP contribution in [-0.2, 0) is 4.79 Å². The van der Waals surface area contributed by atoms with Gasteiger partial charge in [-0.1, -0.05) is 12.1 Å². The summed E-state index contributed by atoms with van der Waals surface area (Å²) in [5, 5.41) is 4.17. The second-order valence-electron chi connectivity index (χ2n) is 7.04. The summed E-state index contributed by atoms with van der Waals surface area (Å²) in [4.78, 5) is 24.3. The smallest absolute Gasteiger partial charge is 0.198 e. The number of carbonyl (C=O) groups excluding carboxylic acids is 2. The van der Waals surface area contributed by atoms with E-state index in [9.17, 15) is 14.0 Å². The Morgan fingerprint density at radius 2 is 1.86 bits per heavy atom. The highest BCUT2D eigenvalue weighted by atomic mass is 19.1. The Hall–Kier alpha value is -3.48. The van der Waals surface area contributed by atoms with Crippen molar-refractivity contribution in [2.75, 3.05) is 5.73 Å². The average Bonchev–Trinajstić information content (AvgIpc) is 3.11. The number of Topliss-reactive ketones (excluding diaryl/α,β-unsaturated/α-hetero) is 1. The van der Waals surface area contributed by atoms with E-state index in [1.165, 1.54) is 35.1 Å². The molecule has 1 fully saturated rings. The molecule has 0 saturated heterocycles. The lowest BCUT2D eigenvalue weighted by Crippen LogP contribution is -2.24. The van der Waals surface area contributed by atoms with Crippen LogP contribution in [-0.4, -0.2) is 27.5 Å². The topological polar surface area (TPSA) is 87.2 Å². The Morgan fingerprint density at radius 3 is 2.59 bits per heavy atom. The second-order valence-corrected chi connectivity index (χ2v) is 7.04. The van der Waals surface area contributed by atoms with E-state index in [2.05, 4.69) is 5.10 Å². The highest BCUT2D eigenvalue weighted by Gasteiger charge is 2.21. The number of ketones is 2. The molecule has 1 aliphatic rings. The van der Waals surface area contributed by atoms with Crippen LogP contribution in [0.3, 0.4) is 0 Å². The summed E-state index contributed by atoms with van der Waals surface area (Å²) in [6.45, 7) is 0. The zero-order valence-electron chi connectivity index (χ0n) is 15.7. The number of aromatic nitrogens is 2. The first-order valence-corrected chi connectivity index (χ1v) is 9.44. The van der Waals surface area contributed by atoms with Gasteiger partial charge in [-0.15, -0.1) is 0 Å². The molecule has 0 atom stereocenters. The lowest BCUT2D eigenvalue weighted by atomic mass is 9.96. The Bertz CT molecular complexity index is 1050. The van der Waals surface area contributed by atoms with Crippen molar-refractivity contribution in [3.8, 4) is 11.4 Å². The van der Waals surface area contributed by atoms with E-state index in [1.54, 1.807) is 24.3 Å². The van der Waals surface area contributed by atoms with Crippen molar-refractivity contribution >= 4 is 17.4 Å². The number of nitrogen functional groups attached to an aromatic ring is 1. The highest BCUT2D eigenvalue weighted by molar-refractivity contribution is 6.11. The van der Waals surface area contributed by atoms with Gasteiger partial charge in [0, 0.05) is 18.4 Å². The molecule has 7 heteroatoms. The van der Waals surface area contributed by atoms with Gasteiger partial charge < -0.3 is 10.5 Å². The maximum Gasteiger partial charge on any atom is 0.198 e. The molecule has 0 unspecified atom stereocenters. The first-order chi connectivity index (χ1) is 14.0. The summed E-state index contributed by atoms with van der Waals surface area (Å²) in [5.41, 5.74) is 7.39. The van der Waals surface area contributed by atoms with Gasteiger partial charge in [0.05, 0.1) is 23.6 Å². The first kappa shape index (κ1) is 18.9. The molecule has 0 radical (unpaired) electrons. The standard InChI is InChI=1S/C22H20FN3O3/c23-15-4-6-16(7-5-15)26-22(24)20(13-25-26)21(28)14-2-1-3-19(12-14)29-18-10-8-17(27)9-11-18/h1-7,12-13,18H,8-11,24H2. The van der Waals surface area contributed by atoms with Gasteiger partial charge in [0.1, 0.15) is 23.2 Å². The van der Waals surface area contributed by atoms with Gasteiger partial charge in [0.15, 0.2) is 5.78 Å². The fourth-order valence-corrected chi connectivity index (χ4v) is 3.41. The minimum absolute atomic E-state index is 0.0238. The molecule has 29 heavy (non-hydrogen) atoms. The Kier molecular flexibility index (Phi) is 5.12. The van der Waals surface area contributed by atoms with Crippen molar-refractivity contribution in [1.29, 1.82) is 0 Å².